The topological polar surface area (TPSA) is 85.4 Å². The van der Waals surface area contributed by atoms with Gasteiger partial charge >= 0.3 is 5.97 Å². The number of benzene rings is 2. The van der Waals surface area contributed by atoms with E-state index in [1.807, 2.05) is 24.3 Å². The summed E-state index contributed by atoms with van der Waals surface area (Å²) in [5.41, 5.74) is 8.37. The molecule has 29 heavy (non-hydrogen) atoms. The average Bonchev–Trinajstić information content (AvgIpc) is 2.63. The Bertz CT molecular complexity index is 1050. The molecular formula is C21H17Cl2FN2O3. The van der Waals surface area contributed by atoms with E-state index in [2.05, 4.69) is 4.98 Å². The van der Waals surface area contributed by atoms with Gasteiger partial charge in [-0.3, -0.25) is 4.79 Å². The Morgan fingerprint density at radius 3 is 2.69 bits per heavy atom. The summed E-state index contributed by atoms with van der Waals surface area (Å²) in [7, 11) is 0. The average molecular weight is 435 g/mol. The van der Waals surface area contributed by atoms with Crippen molar-refractivity contribution in [1.82, 2.24) is 4.98 Å². The van der Waals surface area contributed by atoms with Gasteiger partial charge in [0.2, 0.25) is 0 Å². The molecule has 2 aromatic carbocycles. The molecule has 0 aliphatic rings. The molecule has 0 aliphatic carbocycles. The number of carboxylic acids is 1. The molecule has 0 amide bonds. The third kappa shape index (κ3) is 5.67. The minimum Gasteiger partial charge on any atom is -0.481 e. The molecule has 3 rings (SSSR count). The standard InChI is InChI=1S/C21H17Cl2FN2O3/c22-14-8-19(24)21(26-11-14)29-16-4-5-17(18(23)10-16)13-3-1-2-12(6-13)7-15(25)9-20(27)28/h1-6,8,10-11,15H,7,9,25H2,(H,27,28). The van der Waals surface area contributed by atoms with Gasteiger partial charge in [0.25, 0.3) is 5.88 Å². The molecule has 0 spiro atoms. The van der Waals surface area contributed by atoms with Crippen molar-refractivity contribution in [2.45, 2.75) is 18.9 Å². The summed E-state index contributed by atoms with van der Waals surface area (Å²) in [5, 5.41) is 9.43. The van der Waals surface area contributed by atoms with Crippen LogP contribution in [0, 0.1) is 5.82 Å². The Hall–Kier alpha value is -2.67. The SMILES string of the molecule is NC(CC(=O)O)Cc1cccc(-c2ccc(Oc3ncc(Cl)cc3F)cc2Cl)c1. The quantitative estimate of drug-likeness (QED) is 0.524. The second-order valence-corrected chi connectivity index (χ2v) is 7.29. The fraction of sp³-hybridized carbons (Fsp3) is 0.143. The Kier molecular flexibility index (Phi) is 6.69. The van der Waals surface area contributed by atoms with Crippen LogP contribution in [-0.4, -0.2) is 22.1 Å². The Balaban J connectivity index is 1.79. The summed E-state index contributed by atoms with van der Waals surface area (Å²) in [4.78, 5) is 14.6. The maximum Gasteiger partial charge on any atom is 0.304 e. The van der Waals surface area contributed by atoms with Crippen molar-refractivity contribution in [1.29, 1.82) is 0 Å². The van der Waals surface area contributed by atoms with Crippen LogP contribution in [0.5, 0.6) is 11.6 Å². The minimum atomic E-state index is -0.932. The second kappa shape index (κ2) is 9.22. The highest BCUT2D eigenvalue weighted by molar-refractivity contribution is 6.33. The maximum atomic E-state index is 13.9. The highest BCUT2D eigenvalue weighted by Gasteiger charge is 2.12. The van der Waals surface area contributed by atoms with Crippen molar-refractivity contribution in [3.8, 4) is 22.8 Å². The first-order chi connectivity index (χ1) is 13.8. The maximum absolute atomic E-state index is 13.9. The van der Waals surface area contributed by atoms with Gasteiger partial charge in [-0.05, 0) is 35.7 Å². The number of halogens is 3. The lowest BCUT2D eigenvalue weighted by molar-refractivity contribution is -0.137. The van der Waals surface area contributed by atoms with Crippen molar-refractivity contribution in [3.05, 3.63) is 76.2 Å². The summed E-state index contributed by atoms with van der Waals surface area (Å²) in [6.45, 7) is 0. The van der Waals surface area contributed by atoms with Crippen LogP contribution >= 0.6 is 23.2 Å². The fourth-order valence-electron chi connectivity index (χ4n) is 2.85. The first kappa shape index (κ1) is 21.0. The zero-order valence-corrected chi connectivity index (χ0v) is 16.6. The predicted octanol–water partition coefficient (Wildman–Crippen LogP) is 5.33. The normalized spacial score (nSPS) is 11.9. The second-order valence-electron chi connectivity index (χ2n) is 6.45. The van der Waals surface area contributed by atoms with Gasteiger partial charge in [-0.25, -0.2) is 9.37 Å². The van der Waals surface area contributed by atoms with Crippen LogP contribution in [0.15, 0.2) is 54.7 Å². The number of nitrogens with zero attached hydrogens (tertiary/aromatic N) is 1. The van der Waals surface area contributed by atoms with Gasteiger partial charge in [0.1, 0.15) is 5.75 Å². The van der Waals surface area contributed by atoms with E-state index in [4.69, 9.17) is 38.8 Å². The van der Waals surface area contributed by atoms with Crippen LogP contribution in [0.4, 0.5) is 4.39 Å². The molecule has 3 N–H and O–H groups in total. The largest absolute Gasteiger partial charge is 0.481 e. The number of carboxylic acid groups (broad SMARTS) is 1. The van der Waals surface area contributed by atoms with Crippen LogP contribution in [0.25, 0.3) is 11.1 Å². The van der Waals surface area contributed by atoms with Crippen molar-refractivity contribution >= 4 is 29.2 Å². The molecule has 0 fully saturated rings. The number of nitrogens with two attached hydrogens (primary N) is 1. The molecule has 8 heteroatoms. The van der Waals surface area contributed by atoms with Crippen LogP contribution in [0.1, 0.15) is 12.0 Å². The number of pyridine rings is 1. The van der Waals surface area contributed by atoms with Crippen molar-refractivity contribution in [2.75, 3.05) is 0 Å². The highest BCUT2D eigenvalue weighted by atomic mass is 35.5. The predicted molar refractivity (Wildman–Crippen MR) is 110 cm³/mol. The first-order valence-electron chi connectivity index (χ1n) is 8.67. The lowest BCUT2D eigenvalue weighted by Crippen LogP contribution is -2.26. The first-order valence-corrected chi connectivity index (χ1v) is 9.42. The molecule has 0 bridgehead atoms. The summed E-state index contributed by atoms with van der Waals surface area (Å²) >= 11 is 12.1. The summed E-state index contributed by atoms with van der Waals surface area (Å²) in [6.07, 6.45) is 1.61. The van der Waals surface area contributed by atoms with Gasteiger partial charge in [-0.1, -0.05) is 47.5 Å². The molecule has 1 unspecified atom stereocenters. The van der Waals surface area contributed by atoms with Gasteiger partial charge in [-0.2, -0.15) is 0 Å². The van der Waals surface area contributed by atoms with Crippen LogP contribution in [-0.2, 0) is 11.2 Å². The van der Waals surface area contributed by atoms with Crippen LogP contribution in [0.2, 0.25) is 10.0 Å². The van der Waals surface area contributed by atoms with Crippen molar-refractivity contribution in [3.63, 3.8) is 0 Å². The van der Waals surface area contributed by atoms with Crippen LogP contribution in [0.3, 0.4) is 0 Å². The number of hydrogen-bond donors (Lipinski definition) is 2. The summed E-state index contributed by atoms with van der Waals surface area (Å²) < 4.78 is 19.3. The molecule has 0 aliphatic heterocycles. The third-order valence-corrected chi connectivity index (χ3v) is 4.62. The van der Waals surface area contributed by atoms with E-state index in [1.54, 1.807) is 18.2 Å². The molecule has 1 atom stereocenters. The molecule has 0 saturated carbocycles. The zero-order valence-electron chi connectivity index (χ0n) is 15.1. The molecule has 1 aromatic heterocycles. The van der Waals surface area contributed by atoms with Gasteiger partial charge in [0.05, 0.1) is 16.5 Å². The number of ether oxygens (including phenoxy) is 1. The Morgan fingerprint density at radius 1 is 1.21 bits per heavy atom. The van der Waals surface area contributed by atoms with Crippen molar-refractivity contribution < 1.29 is 19.0 Å². The van der Waals surface area contributed by atoms with E-state index in [-0.39, 0.29) is 17.3 Å². The zero-order chi connectivity index (χ0) is 21.0. The lowest BCUT2D eigenvalue weighted by atomic mass is 9.98. The van der Waals surface area contributed by atoms with E-state index < -0.39 is 17.8 Å². The molecule has 150 valence electrons. The van der Waals surface area contributed by atoms with Crippen molar-refractivity contribution in [2.24, 2.45) is 5.73 Å². The van der Waals surface area contributed by atoms with E-state index in [0.717, 1.165) is 22.8 Å². The molecule has 0 saturated heterocycles. The number of rotatable bonds is 7. The lowest BCUT2D eigenvalue weighted by Gasteiger charge is -2.12. The van der Waals surface area contributed by atoms with E-state index in [0.29, 0.717) is 17.2 Å². The smallest absolute Gasteiger partial charge is 0.304 e. The molecule has 5 nitrogen and oxygen atoms in total. The van der Waals surface area contributed by atoms with Gasteiger partial charge in [0.15, 0.2) is 5.82 Å². The number of carbonyl (C=O) groups is 1. The number of hydrogen-bond acceptors (Lipinski definition) is 4. The highest BCUT2D eigenvalue weighted by Crippen LogP contribution is 2.33. The minimum absolute atomic E-state index is 0.105. The van der Waals surface area contributed by atoms with E-state index in [9.17, 15) is 9.18 Å². The van der Waals surface area contributed by atoms with E-state index >= 15 is 0 Å². The Labute approximate surface area is 176 Å². The molecular weight excluding hydrogens is 418 g/mol. The summed E-state index contributed by atoms with van der Waals surface area (Å²) in [6, 6.07) is 13.1. The Morgan fingerprint density at radius 2 is 2.00 bits per heavy atom. The van der Waals surface area contributed by atoms with Crippen LogP contribution < -0.4 is 10.5 Å². The number of aliphatic carboxylic acids is 1. The molecule has 1 heterocycles. The molecule has 3 aromatic rings. The molecule has 0 radical (unpaired) electrons. The fourth-order valence-corrected chi connectivity index (χ4v) is 3.27. The summed E-state index contributed by atoms with van der Waals surface area (Å²) in [5.74, 6) is -1.48. The number of aromatic nitrogens is 1. The van der Waals surface area contributed by atoms with Gasteiger partial charge in [0, 0.05) is 23.9 Å². The third-order valence-electron chi connectivity index (χ3n) is 4.10. The van der Waals surface area contributed by atoms with Gasteiger partial charge < -0.3 is 15.6 Å². The monoisotopic (exact) mass is 434 g/mol. The van der Waals surface area contributed by atoms with Gasteiger partial charge in [-0.15, -0.1) is 0 Å². The van der Waals surface area contributed by atoms with E-state index in [1.165, 1.54) is 6.20 Å².